The van der Waals surface area contributed by atoms with Crippen molar-refractivity contribution in [1.82, 2.24) is 9.55 Å². The molecule has 3 aromatic rings. The average molecular weight is 473 g/mol. The smallest absolute Gasteiger partial charge is 0.330 e. The van der Waals surface area contributed by atoms with E-state index in [4.69, 9.17) is 17.3 Å². The molecule has 0 radical (unpaired) electrons. The Morgan fingerprint density at radius 2 is 1.81 bits per heavy atom. The maximum atomic E-state index is 13.3. The Morgan fingerprint density at radius 1 is 1.12 bits per heavy atom. The van der Waals surface area contributed by atoms with Crippen molar-refractivity contribution in [1.29, 1.82) is 0 Å². The molecule has 0 aliphatic carbocycles. The zero-order valence-electron chi connectivity index (χ0n) is 17.7. The van der Waals surface area contributed by atoms with Crippen LogP contribution in [0.4, 0.5) is 11.5 Å². The SMILES string of the molecule is CCCCn1c(N)c(N(Cc2ccccc2)C(=O)CSc2ccccc2Cl)c(=O)[nH]c1=O. The molecule has 0 unspecified atom stereocenters. The largest absolute Gasteiger partial charge is 0.383 e. The third-order valence-corrected chi connectivity index (χ3v) is 6.39. The molecule has 0 fully saturated rings. The Morgan fingerprint density at radius 3 is 2.50 bits per heavy atom. The van der Waals surface area contributed by atoms with Gasteiger partial charge in [-0.2, -0.15) is 0 Å². The number of thioether (sulfide) groups is 1. The van der Waals surface area contributed by atoms with Gasteiger partial charge in [0, 0.05) is 11.4 Å². The fourth-order valence-corrected chi connectivity index (χ4v) is 4.33. The first-order valence-corrected chi connectivity index (χ1v) is 11.6. The summed E-state index contributed by atoms with van der Waals surface area (Å²) in [5.41, 5.74) is 5.81. The molecule has 2 aromatic carbocycles. The van der Waals surface area contributed by atoms with E-state index in [9.17, 15) is 14.4 Å². The molecule has 0 atom stereocenters. The summed E-state index contributed by atoms with van der Waals surface area (Å²) in [4.78, 5) is 42.8. The summed E-state index contributed by atoms with van der Waals surface area (Å²) in [5.74, 6) is -0.292. The number of anilines is 2. The van der Waals surface area contributed by atoms with Crippen LogP contribution in [0.2, 0.25) is 5.02 Å². The highest BCUT2D eigenvalue weighted by Crippen LogP contribution is 2.28. The van der Waals surface area contributed by atoms with Crippen molar-refractivity contribution in [3.05, 3.63) is 86.0 Å². The van der Waals surface area contributed by atoms with E-state index in [0.29, 0.717) is 18.0 Å². The molecule has 1 amide bonds. The second-order valence-electron chi connectivity index (χ2n) is 7.18. The zero-order chi connectivity index (χ0) is 23.1. The van der Waals surface area contributed by atoms with Gasteiger partial charge in [-0.25, -0.2) is 4.79 Å². The molecule has 1 aromatic heterocycles. The van der Waals surface area contributed by atoms with Gasteiger partial charge < -0.3 is 5.73 Å². The number of aromatic nitrogens is 2. The topological polar surface area (TPSA) is 101 Å². The minimum Gasteiger partial charge on any atom is -0.383 e. The van der Waals surface area contributed by atoms with E-state index < -0.39 is 11.2 Å². The minimum absolute atomic E-state index is 0.0146. The van der Waals surface area contributed by atoms with Crippen molar-refractivity contribution in [3.8, 4) is 0 Å². The van der Waals surface area contributed by atoms with Crippen molar-refractivity contribution in [3.63, 3.8) is 0 Å². The number of unbranched alkanes of at least 4 members (excludes halogenated alkanes) is 1. The third-order valence-electron chi connectivity index (χ3n) is 4.89. The van der Waals surface area contributed by atoms with E-state index in [1.54, 1.807) is 6.07 Å². The number of carbonyl (C=O) groups is 1. The molecule has 0 aliphatic heterocycles. The van der Waals surface area contributed by atoms with Crippen LogP contribution in [0.5, 0.6) is 0 Å². The number of amides is 1. The molecule has 0 aliphatic rings. The highest BCUT2D eigenvalue weighted by molar-refractivity contribution is 8.00. The van der Waals surface area contributed by atoms with Crippen molar-refractivity contribution in [2.45, 2.75) is 37.8 Å². The molecule has 32 heavy (non-hydrogen) atoms. The number of nitrogen functional groups attached to an aromatic ring is 1. The van der Waals surface area contributed by atoms with Gasteiger partial charge in [-0.05, 0) is 24.1 Å². The van der Waals surface area contributed by atoms with Crippen molar-refractivity contribution in [2.24, 2.45) is 0 Å². The van der Waals surface area contributed by atoms with E-state index >= 15 is 0 Å². The summed E-state index contributed by atoms with van der Waals surface area (Å²) in [6, 6.07) is 16.5. The molecule has 0 bridgehead atoms. The molecular formula is C23H25ClN4O3S. The maximum Gasteiger partial charge on any atom is 0.330 e. The van der Waals surface area contributed by atoms with Crippen LogP contribution in [0.3, 0.4) is 0 Å². The number of hydrogen-bond donors (Lipinski definition) is 2. The van der Waals surface area contributed by atoms with Crippen LogP contribution in [0.25, 0.3) is 0 Å². The van der Waals surface area contributed by atoms with E-state index in [2.05, 4.69) is 4.98 Å². The fraction of sp³-hybridized carbons (Fsp3) is 0.261. The normalized spacial score (nSPS) is 10.8. The van der Waals surface area contributed by atoms with Gasteiger partial charge in [0.15, 0.2) is 5.69 Å². The number of H-pyrrole nitrogens is 1. The quantitative estimate of drug-likeness (QED) is 0.460. The molecule has 3 N–H and O–H groups in total. The number of halogens is 1. The molecule has 1 heterocycles. The number of carbonyl (C=O) groups excluding carboxylic acids is 1. The molecule has 0 saturated carbocycles. The van der Waals surface area contributed by atoms with Crippen molar-refractivity contribution < 1.29 is 4.79 Å². The number of nitrogens with two attached hydrogens (primary N) is 1. The molecular weight excluding hydrogens is 448 g/mol. The Kier molecular flexibility index (Phi) is 8.19. The van der Waals surface area contributed by atoms with Crippen molar-refractivity contribution in [2.75, 3.05) is 16.4 Å². The lowest BCUT2D eigenvalue weighted by Crippen LogP contribution is -2.41. The first-order valence-electron chi connectivity index (χ1n) is 10.3. The summed E-state index contributed by atoms with van der Waals surface area (Å²) in [6.07, 6.45) is 1.56. The highest BCUT2D eigenvalue weighted by atomic mass is 35.5. The summed E-state index contributed by atoms with van der Waals surface area (Å²) in [6.45, 7) is 2.49. The summed E-state index contributed by atoms with van der Waals surface area (Å²) in [7, 11) is 0. The maximum absolute atomic E-state index is 13.3. The second kappa shape index (κ2) is 11.1. The van der Waals surface area contributed by atoms with Gasteiger partial charge in [-0.1, -0.05) is 67.4 Å². The van der Waals surface area contributed by atoms with Gasteiger partial charge in [0.2, 0.25) is 5.91 Å². The predicted molar refractivity (Wildman–Crippen MR) is 130 cm³/mol. The number of nitrogens with zero attached hydrogens (tertiary/aromatic N) is 2. The van der Waals surface area contributed by atoms with Gasteiger partial charge in [-0.3, -0.25) is 24.0 Å². The fourth-order valence-electron chi connectivity index (χ4n) is 3.21. The standard InChI is InChI=1S/C23H25ClN4O3S/c1-2-3-13-27-21(25)20(22(30)26-23(27)31)28(14-16-9-5-4-6-10-16)19(29)15-32-18-12-8-7-11-17(18)24/h4-12H,2-3,13-15,25H2,1H3,(H,26,30,31). The second-order valence-corrected chi connectivity index (χ2v) is 8.61. The Bertz CT molecular complexity index is 1190. The predicted octanol–water partition coefficient (Wildman–Crippen LogP) is 3.90. The number of benzene rings is 2. The summed E-state index contributed by atoms with van der Waals surface area (Å²) >= 11 is 7.49. The Labute approximate surface area is 195 Å². The Balaban J connectivity index is 1.99. The van der Waals surface area contributed by atoms with Gasteiger partial charge in [-0.15, -0.1) is 11.8 Å². The minimum atomic E-state index is -0.688. The van der Waals surface area contributed by atoms with Crippen LogP contribution in [0.15, 0.2) is 69.1 Å². The number of nitrogens with one attached hydrogen (secondary N) is 1. The number of rotatable bonds is 9. The summed E-state index contributed by atoms with van der Waals surface area (Å²) < 4.78 is 1.31. The van der Waals surface area contributed by atoms with Crippen LogP contribution < -0.4 is 21.9 Å². The van der Waals surface area contributed by atoms with E-state index in [1.807, 2.05) is 55.5 Å². The van der Waals surface area contributed by atoms with Gasteiger partial charge in [0.25, 0.3) is 5.56 Å². The van der Waals surface area contributed by atoms with Crippen LogP contribution >= 0.6 is 23.4 Å². The highest BCUT2D eigenvalue weighted by Gasteiger charge is 2.24. The third kappa shape index (κ3) is 5.63. The van der Waals surface area contributed by atoms with Crippen LogP contribution in [-0.2, 0) is 17.9 Å². The Hall–Kier alpha value is -2.97. The number of aromatic amines is 1. The van der Waals surface area contributed by atoms with Crippen LogP contribution in [0.1, 0.15) is 25.3 Å². The van der Waals surface area contributed by atoms with Crippen molar-refractivity contribution >= 4 is 40.8 Å². The first-order chi connectivity index (χ1) is 15.4. The monoisotopic (exact) mass is 472 g/mol. The van der Waals surface area contributed by atoms with E-state index in [0.717, 1.165) is 16.9 Å². The zero-order valence-corrected chi connectivity index (χ0v) is 19.3. The molecule has 168 valence electrons. The lowest BCUT2D eigenvalue weighted by molar-refractivity contribution is -0.116. The lowest BCUT2D eigenvalue weighted by Gasteiger charge is -2.24. The van der Waals surface area contributed by atoms with Crippen LogP contribution in [0, 0.1) is 0 Å². The van der Waals surface area contributed by atoms with E-state index in [-0.39, 0.29) is 29.7 Å². The molecule has 0 spiro atoms. The lowest BCUT2D eigenvalue weighted by atomic mass is 10.2. The van der Waals surface area contributed by atoms with Crippen LogP contribution in [-0.4, -0.2) is 21.2 Å². The molecule has 0 saturated heterocycles. The van der Waals surface area contributed by atoms with Gasteiger partial charge in [0.1, 0.15) is 5.82 Å². The van der Waals surface area contributed by atoms with Gasteiger partial charge in [0.05, 0.1) is 17.3 Å². The molecule has 9 heteroatoms. The molecule has 3 rings (SSSR count). The van der Waals surface area contributed by atoms with Gasteiger partial charge >= 0.3 is 5.69 Å². The van der Waals surface area contributed by atoms with E-state index in [1.165, 1.54) is 21.2 Å². The summed E-state index contributed by atoms with van der Waals surface area (Å²) in [5, 5.41) is 0.547. The number of hydrogen-bond acceptors (Lipinski definition) is 5. The first kappa shape index (κ1) is 23.7. The average Bonchev–Trinajstić information content (AvgIpc) is 2.78. The molecule has 7 nitrogen and oxygen atoms in total.